The van der Waals surface area contributed by atoms with E-state index in [-0.39, 0.29) is 41.3 Å². The van der Waals surface area contributed by atoms with Gasteiger partial charge in [0.05, 0.1) is 22.0 Å². The lowest BCUT2D eigenvalue weighted by atomic mass is 10.1. The Balaban J connectivity index is 1.37. The van der Waals surface area contributed by atoms with E-state index in [9.17, 15) is 18.5 Å². The molecule has 10 heteroatoms. The van der Waals surface area contributed by atoms with E-state index in [2.05, 4.69) is 16.1 Å². The number of hydrogen-bond donors (Lipinski definition) is 2. The average Bonchev–Trinajstić information content (AvgIpc) is 3.48. The first-order valence-corrected chi connectivity index (χ1v) is 12.7. The van der Waals surface area contributed by atoms with Gasteiger partial charge in [0.1, 0.15) is 18.4 Å². The molecule has 0 aliphatic carbocycles. The molecule has 174 valence electrons. The fraction of sp³-hybridized carbons (Fsp3) is 0.391. The topological polar surface area (TPSA) is 112 Å². The SMILES string of the molecule is N#C[C@@H]1CCCN1C(=O)[C@@H]1CC[C@H](COc2cc(S(=O)(=O)Nc3ccccc3)ccc2Cl)N1. The van der Waals surface area contributed by atoms with Crippen LogP contribution in [0.3, 0.4) is 0 Å². The molecule has 0 aromatic heterocycles. The highest BCUT2D eigenvalue weighted by atomic mass is 35.5. The standard InChI is InChI=1S/C23H25ClN4O4S/c24-20-10-9-19(33(30,31)27-16-5-2-1-3-6-16)13-22(20)32-15-17-8-11-21(26-17)23(29)28-12-4-7-18(28)14-25/h1-3,5-6,9-10,13,17-18,21,26-27H,4,7-8,11-12,15H2/t17-,18+,21+/m1/s1. The number of hydrogen-bond acceptors (Lipinski definition) is 6. The van der Waals surface area contributed by atoms with Crippen molar-refractivity contribution in [3.8, 4) is 11.8 Å². The molecule has 4 rings (SSSR count). The first kappa shape index (κ1) is 23.4. The number of benzene rings is 2. The minimum Gasteiger partial charge on any atom is -0.490 e. The van der Waals surface area contributed by atoms with Crippen LogP contribution in [-0.2, 0) is 14.8 Å². The van der Waals surface area contributed by atoms with Crippen LogP contribution >= 0.6 is 11.6 Å². The molecule has 0 bridgehead atoms. The van der Waals surface area contributed by atoms with Crippen molar-refractivity contribution in [2.45, 2.75) is 48.7 Å². The van der Waals surface area contributed by atoms with Crippen LogP contribution in [-0.4, -0.2) is 50.5 Å². The van der Waals surface area contributed by atoms with E-state index < -0.39 is 10.0 Å². The highest BCUT2D eigenvalue weighted by Crippen LogP contribution is 2.29. The Morgan fingerprint density at radius 3 is 2.76 bits per heavy atom. The maximum Gasteiger partial charge on any atom is 0.262 e. The largest absolute Gasteiger partial charge is 0.490 e. The number of sulfonamides is 1. The minimum atomic E-state index is -3.81. The number of rotatable bonds is 7. The summed E-state index contributed by atoms with van der Waals surface area (Å²) in [5, 5.41) is 12.8. The van der Waals surface area contributed by atoms with Gasteiger partial charge in [-0.25, -0.2) is 8.42 Å². The van der Waals surface area contributed by atoms with Crippen molar-refractivity contribution in [1.29, 1.82) is 5.26 Å². The number of ether oxygens (including phenoxy) is 1. The van der Waals surface area contributed by atoms with Crippen LogP contribution in [0.5, 0.6) is 5.75 Å². The number of nitrogens with one attached hydrogen (secondary N) is 2. The molecular formula is C23H25ClN4O4S. The van der Waals surface area contributed by atoms with Gasteiger partial charge in [-0.1, -0.05) is 29.8 Å². The minimum absolute atomic E-state index is 0.0368. The monoisotopic (exact) mass is 488 g/mol. The molecule has 2 saturated heterocycles. The third-order valence-electron chi connectivity index (χ3n) is 5.90. The maximum absolute atomic E-state index is 12.8. The van der Waals surface area contributed by atoms with Crippen LogP contribution in [0.25, 0.3) is 0 Å². The van der Waals surface area contributed by atoms with Crippen LogP contribution < -0.4 is 14.8 Å². The molecule has 1 amide bonds. The molecular weight excluding hydrogens is 464 g/mol. The summed E-state index contributed by atoms with van der Waals surface area (Å²) in [4.78, 5) is 14.5. The van der Waals surface area contributed by atoms with E-state index >= 15 is 0 Å². The zero-order valence-electron chi connectivity index (χ0n) is 17.9. The average molecular weight is 489 g/mol. The summed E-state index contributed by atoms with van der Waals surface area (Å²) in [6.07, 6.45) is 2.95. The smallest absolute Gasteiger partial charge is 0.262 e. The number of para-hydroxylation sites is 1. The molecule has 33 heavy (non-hydrogen) atoms. The molecule has 2 aromatic rings. The van der Waals surface area contributed by atoms with Crippen molar-refractivity contribution >= 4 is 33.2 Å². The van der Waals surface area contributed by atoms with Gasteiger partial charge in [0.2, 0.25) is 5.91 Å². The third kappa shape index (κ3) is 5.41. The van der Waals surface area contributed by atoms with Gasteiger partial charge in [-0.3, -0.25) is 14.8 Å². The summed E-state index contributed by atoms with van der Waals surface area (Å²) < 4.78 is 33.8. The lowest BCUT2D eigenvalue weighted by Crippen LogP contribution is -2.47. The van der Waals surface area contributed by atoms with Gasteiger partial charge in [-0.15, -0.1) is 0 Å². The molecule has 2 aliphatic rings. The lowest BCUT2D eigenvalue weighted by molar-refractivity contribution is -0.133. The number of anilines is 1. The van der Waals surface area contributed by atoms with Crippen molar-refractivity contribution in [2.75, 3.05) is 17.9 Å². The van der Waals surface area contributed by atoms with Gasteiger partial charge in [0.15, 0.2) is 0 Å². The number of likely N-dealkylation sites (tertiary alicyclic amines) is 1. The fourth-order valence-corrected chi connectivity index (χ4v) is 5.43. The van der Waals surface area contributed by atoms with Crippen molar-refractivity contribution < 1.29 is 17.9 Å². The van der Waals surface area contributed by atoms with Crippen LogP contribution in [0.1, 0.15) is 25.7 Å². The molecule has 0 saturated carbocycles. The second-order valence-corrected chi connectivity index (χ2v) is 10.3. The van der Waals surface area contributed by atoms with Crippen molar-refractivity contribution in [2.24, 2.45) is 0 Å². The van der Waals surface area contributed by atoms with Crippen molar-refractivity contribution in [1.82, 2.24) is 10.2 Å². The highest BCUT2D eigenvalue weighted by molar-refractivity contribution is 7.92. The number of carbonyl (C=O) groups excluding carboxylic acids is 1. The molecule has 0 unspecified atom stereocenters. The first-order valence-electron chi connectivity index (χ1n) is 10.8. The van der Waals surface area contributed by atoms with E-state index in [4.69, 9.17) is 16.3 Å². The van der Waals surface area contributed by atoms with Gasteiger partial charge in [-0.2, -0.15) is 5.26 Å². The number of carbonyl (C=O) groups is 1. The van der Waals surface area contributed by atoms with E-state index in [0.717, 1.165) is 19.3 Å². The second-order valence-electron chi connectivity index (χ2n) is 8.19. The van der Waals surface area contributed by atoms with Crippen LogP contribution in [0, 0.1) is 11.3 Å². The van der Waals surface area contributed by atoms with Crippen molar-refractivity contribution in [3.05, 3.63) is 53.6 Å². The van der Waals surface area contributed by atoms with Crippen LogP contribution in [0.15, 0.2) is 53.4 Å². The highest BCUT2D eigenvalue weighted by Gasteiger charge is 2.37. The summed E-state index contributed by atoms with van der Waals surface area (Å²) in [5.41, 5.74) is 0.456. The maximum atomic E-state index is 12.8. The van der Waals surface area contributed by atoms with Gasteiger partial charge < -0.3 is 9.64 Å². The van der Waals surface area contributed by atoms with Gasteiger partial charge in [0.25, 0.3) is 10.0 Å². The summed E-state index contributed by atoms with van der Waals surface area (Å²) in [7, 11) is -3.81. The Labute approximate surface area is 198 Å². The molecule has 2 heterocycles. The predicted octanol–water partition coefficient (Wildman–Crippen LogP) is 3.15. The summed E-state index contributed by atoms with van der Waals surface area (Å²) in [6.45, 7) is 0.852. The summed E-state index contributed by atoms with van der Waals surface area (Å²) in [6, 6.07) is 14.3. The zero-order valence-corrected chi connectivity index (χ0v) is 19.5. The van der Waals surface area contributed by atoms with E-state index in [1.165, 1.54) is 18.2 Å². The fourth-order valence-electron chi connectivity index (χ4n) is 4.18. The Kier molecular flexibility index (Phi) is 7.08. The summed E-state index contributed by atoms with van der Waals surface area (Å²) in [5.74, 6) is 0.216. The Morgan fingerprint density at radius 1 is 1.21 bits per heavy atom. The van der Waals surface area contributed by atoms with E-state index in [1.54, 1.807) is 35.2 Å². The molecule has 2 aromatic carbocycles. The second kappa shape index (κ2) is 10.00. The normalized spacial score (nSPS) is 22.7. The molecule has 3 atom stereocenters. The molecule has 2 N–H and O–H groups in total. The number of halogens is 1. The number of amides is 1. The van der Waals surface area contributed by atoms with E-state index in [0.29, 0.717) is 23.7 Å². The Morgan fingerprint density at radius 2 is 2.00 bits per heavy atom. The Bertz CT molecular complexity index is 1150. The molecule has 8 nitrogen and oxygen atoms in total. The third-order valence-corrected chi connectivity index (χ3v) is 7.59. The first-order chi connectivity index (χ1) is 15.9. The molecule has 0 radical (unpaired) electrons. The summed E-state index contributed by atoms with van der Waals surface area (Å²) >= 11 is 6.24. The molecule has 2 fully saturated rings. The quantitative estimate of drug-likeness (QED) is 0.619. The molecule has 0 spiro atoms. The lowest BCUT2D eigenvalue weighted by Gasteiger charge is -2.24. The zero-order chi connectivity index (χ0) is 23.4. The van der Waals surface area contributed by atoms with Gasteiger partial charge >= 0.3 is 0 Å². The van der Waals surface area contributed by atoms with Gasteiger partial charge in [-0.05, 0) is 49.9 Å². The van der Waals surface area contributed by atoms with Gasteiger partial charge in [0, 0.05) is 24.3 Å². The number of nitriles is 1. The number of nitrogens with zero attached hydrogens (tertiary/aromatic N) is 2. The van der Waals surface area contributed by atoms with E-state index in [1.807, 2.05) is 0 Å². The molecule has 2 aliphatic heterocycles. The Hall–Kier alpha value is -2.80. The predicted molar refractivity (Wildman–Crippen MR) is 124 cm³/mol. The van der Waals surface area contributed by atoms with Crippen LogP contribution in [0.4, 0.5) is 5.69 Å². The van der Waals surface area contributed by atoms with Crippen LogP contribution in [0.2, 0.25) is 5.02 Å². The van der Waals surface area contributed by atoms with Crippen molar-refractivity contribution in [3.63, 3.8) is 0 Å².